The summed E-state index contributed by atoms with van der Waals surface area (Å²) in [6.07, 6.45) is 3.27. The summed E-state index contributed by atoms with van der Waals surface area (Å²) in [6.45, 7) is 1.42. The Kier molecular flexibility index (Phi) is 4.13. The van der Waals surface area contributed by atoms with E-state index >= 15 is 0 Å². The minimum absolute atomic E-state index is 0.0564. The SMILES string of the molecule is CC(=O)c1ccc(S(=O)(=O)Nc2cc(-c3ccncc3)[nH]n2)cc1. The van der Waals surface area contributed by atoms with Crippen molar-refractivity contribution in [1.29, 1.82) is 0 Å². The lowest BCUT2D eigenvalue weighted by atomic mass is 10.2. The van der Waals surface area contributed by atoms with Gasteiger partial charge in [-0.1, -0.05) is 12.1 Å². The Balaban J connectivity index is 1.82. The Hall–Kier alpha value is -3.00. The van der Waals surface area contributed by atoms with Gasteiger partial charge >= 0.3 is 0 Å². The summed E-state index contributed by atoms with van der Waals surface area (Å²) >= 11 is 0. The summed E-state index contributed by atoms with van der Waals surface area (Å²) in [4.78, 5) is 15.2. The van der Waals surface area contributed by atoms with Gasteiger partial charge in [0.25, 0.3) is 10.0 Å². The number of nitrogens with one attached hydrogen (secondary N) is 2. The van der Waals surface area contributed by atoms with E-state index in [4.69, 9.17) is 0 Å². The Labute approximate surface area is 138 Å². The van der Waals surface area contributed by atoms with Crippen LogP contribution in [0.4, 0.5) is 5.82 Å². The van der Waals surface area contributed by atoms with Gasteiger partial charge in [0.2, 0.25) is 0 Å². The highest BCUT2D eigenvalue weighted by Gasteiger charge is 2.16. The molecule has 0 amide bonds. The molecule has 0 unspecified atom stereocenters. The fraction of sp³-hybridized carbons (Fsp3) is 0.0625. The average molecular weight is 342 g/mol. The molecule has 0 saturated carbocycles. The molecule has 122 valence electrons. The van der Waals surface area contributed by atoms with Crippen LogP contribution in [0.2, 0.25) is 0 Å². The van der Waals surface area contributed by atoms with Gasteiger partial charge in [-0.25, -0.2) is 8.42 Å². The van der Waals surface area contributed by atoms with Crippen LogP contribution in [0.15, 0.2) is 59.8 Å². The molecule has 2 heterocycles. The molecule has 2 N–H and O–H groups in total. The van der Waals surface area contributed by atoms with E-state index in [9.17, 15) is 13.2 Å². The predicted octanol–water partition coefficient (Wildman–Crippen LogP) is 2.48. The molecule has 0 radical (unpaired) electrons. The standard InChI is InChI=1S/C16H14N4O3S/c1-11(21)12-2-4-14(5-3-12)24(22,23)20-16-10-15(18-19-16)13-6-8-17-9-7-13/h2-10H,1H3,(H2,18,19,20). The van der Waals surface area contributed by atoms with Crippen LogP contribution in [0, 0.1) is 0 Å². The third-order valence-corrected chi connectivity index (χ3v) is 4.75. The van der Waals surface area contributed by atoms with Crippen molar-refractivity contribution in [3.63, 3.8) is 0 Å². The number of benzene rings is 1. The highest BCUT2D eigenvalue weighted by atomic mass is 32.2. The first kappa shape index (κ1) is 15.9. The van der Waals surface area contributed by atoms with Crippen molar-refractivity contribution in [2.24, 2.45) is 0 Å². The molecule has 3 rings (SSSR count). The van der Waals surface area contributed by atoms with Gasteiger partial charge in [0.05, 0.1) is 10.6 Å². The van der Waals surface area contributed by atoms with Gasteiger partial charge in [-0.3, -0.25) is 19.6 Å². The molecule has 0 bridgehead atoms. The number of H-pyrrole nitrogens is 1. The lowest BCUT2D eigenvalue weighted by molar-refractivity contribution is 0.101. The number of sulfonamides is 1. The second-order valence-corrected chi connectivity index (χ2v) is 6.77. The zero-order valence-electron chi connectivity index (χ0n) is 12.7. The van der Waals surface area contributed by atoms with Gasteiger partial charge < -0.3 is 0 Å². The predicted molar refractivity (Wildman–Crippen MR) is 89.1 cm³/mol. The molecular weight excluding hydrogens is 328 g/mol. The van der Waals surface area contributed by atoms with Crippen molar-refractivity contribution >= 4 is 21.6 Å². The number of Topliss-reactive ketones (excluding diaryl/α,β-unsaturated/α-hetero) is 1. The molecule has 2 aromatic heterocycles. The zero-order valence-corrected chi connectivity index (χ0v) is 13.5. The molecule has 24 heavy (non-hydrogen) atoms. The largest absolute Gasteiger partial charge is 0.295 e. The van der Waals surface area contributed by atoms with Crippen LogP contribution < -0.4 is 4.72 Å². The van der Waals surface area contributed by atoms with Crippen molar-refractivity contribution in [1.82, 2.24) is 15.2 Å². The average Bonchev–Trinajstić information content (AvgIpc) is 3.03. The molecular formula is C16H14N4O3S. The van der Waals surface area contributed by atoms with E-state index in [-0.39, 0.29) is 16.5 Å². The molecule has 0 spiro atoms. The molecule has 0 saturated heterocycles. The fourth-order valence-corrected chi connectivity index (χ4v) is 3.11. The van der Waals surface area contributed by atoms with Crippen LogP contribution >= 0.6 is 0 Å². The molecule has 8 heteroatoms. The first-order valence-electron chi connectivity index (χ1n) is 7.05. The number of anilines is 1. The van der Waals surface area contributed by atoms with Gasteiger partial charge in [0.1, 0.15) is 0 Å². The highest BCUT2D eigenvalue weighted by Crippen LogP contribution is 2.21. The van der Waals surface area contributed by atoms with E-state index in [1.807, 2.05) is 0 Å². The maximum absolute atomic E-state index is 12.4. The highest BCUT2D eigenvalue weighted by molar-refractivity contribution is 7.92. The number of ketones is 1. The van der Waals surface area contributed by atoms with Crippen LogP contribution in [0.1, 0.15) is 17.3 Å². The maximum Gasteiger partial charge on any atom is 0.263 e. The minimum Gasteiger partial charge on any atom is -0.295 e. The van der Waals surface area contributed by atoms with Crippen molar-refractivity contribution in [3.05, 3.63) is 60.4 Å². The Bertz CT molecular complexity index is 964. The van der Waals surface area contributed by atoms with Gasteiger partial charge in [0, 0.05) is 29.6 Å². The number of pyridine rings is 1. The van der Waals surface area contributed by atoms with E-state index in [1.54, 1.807) is 30.6 Å². The number of rotatable bonds is 5. The Morgan fingerprint density at radius 3 is 2.38 bits per heavy atom. The summed E-state index contributed by atoms with van der Waals surface area (Å²) in [5.41, 5.74) is 1.96. The summed E-state index contributed by atoms with van der Waals surface area (Å²) in [5, 5.41) is 6.73. The lowest BCUT2D eigenvalue weighted by Crippen LogP contribution is -2.13. The number of nitrogens with zero attached hydrogens (tertiary/aromatic N) is 2. The number of hydrogen-bond acceptors (Lipinski definition) is 5. The number of hydrogen-bond donors (Lipinski definition) is 2. The lowest BCUT2D eigenvalue weighted by Gasteiger charge is -2.05. The molecule has 0 aliphatic carbocycles. The van der Waals surface area contributed by atoms with Crippen LogP contribution in [0.3, 0.4) is 0 Å². The number of carbonyl (C=O) groups is 1. The van der Waals surface area contributed by atoms with E-state index < -0.39 is 10.0 Å². The number of carbonyl (C=O) groups excluding carboxylic acids is 1. The first-order valence-corrected chi connectivity index (χ1v) is 8.54. The van der Waals surface area contributed by atoms with E-state index in [0.29, 0.717) is 11.3 Å². The molecule has 0 fully saturated rings. The molecule has 0 aliphatic rings. The summed E-state index contributed by atoms with van der Waals surface area (Å²) in [5.74, 6) is 0.0543. The van der Waals surface area contributed by atoms with Gasteiger partial charge in [-0.15, -0.1) is 0 Å². The normalized spacial score (nSPS) is 11.2. The molecule has 7 nitrogen and oxygen atoms in total. The van der Waals surface area contributed by atoms with Crippen molar-refractivity contribution in [2.75, 3.05) is 4.72 Å². The van der Waals surface area contributed by atoms with Crippen molar-refractivity contribution in [2.45, 2.75) is 11.8 Å². The second-order valence-electron chi connectivity index (χ2n) is 5.09. The smallest absolute Gasteiger partial charge is 0.263 e. The van der Waals surface area contributed by atoms with Crippen LogP contribution in [0.25, 0.3) is 11.3 Å². The molecule has 0 aliphatic heterocycles. The maximum atomic E-state index is 12.4. The van der Waals surface area contributed by atoms with Gasteiger partial charge in [0.15, 0.2) is 11.6 Å². The molecule has 1 aromatic carbocycles. The quantitative estimate of drug-likeness (QED) is 0.693. The topological polar surface area (TPSA) is 105 Å². The van der Waals surface area contributed by atoms with E-state index in [2.05, 4.69) is 19.9 Å². The summed E-state index contributed by atoms with van der Waals surface area (Å²) in [6, 6.07) is 10.9. The monoisotopic (exact) mass is 342 g/mol. The van der Waals surface area contributed by atoms with Crippen LogP contribution in [0.5, 0.6) is 0 Å². The van der Waals surface area contributed by atoms with Crippen molar-refractivity contribution in [3.8, 4) is 11.3 Å². The first-order chi connectivity index (χ1) is 11.5. The Morgan fingerprint density at radius 1 is 1.08 bits per heavy atom. The van der Waals surface area contributed by atoms with Crippen LogP contribution in [-0.2, 0) is 10.0 Å². The summed E-state index contributed by atoms with van der Waals surface area (Å²) < 4.78 is 27.1. The number of aromatic amines is 1. The summed E-state index contributed by atoms with van der Waals surface area (Å²) in [7, 11) is -3.78. The second kappa shape index (κ2) is 6.25. The molecule has 0 atom stereocenters. The van der Waals surface area contributed by atoms with Crippen molar-refractivity contribution < 1.29 is 13.2 Å². The van der Waals surface area contributed by atoms with Gasteiger partial charge in [-0.05, 0) is 31.2 Å². The van der Waals surface area contributed by atoms with E-state index in [1.165, 1.54) is 31.2 Å². The van der Waals surface area contributed by atoms with E-state index in [0.717, 1.165) is 5.56 Å². The third-order valence-electron chi connectivity index (χ3n) is 3.38. The zero-order chi connectivity index (χ0) is 17.2. The number of aromatic nitrogens is 3. The molecule has 3 aromatic rings. The van der Waals surface area contributed by atoms with Crippen LogP contribution in [-0.4, -0.2) is 29.4 Å². The van der Waals surface area contributed by atoms with Gasteiger partial charge in [-0.2, -0.15) is 5.10 Å². The minimum atomic E-state index is -3.78. The Morgan fingerprint density at radius 2 is 1.75 bits per heavy atom. The third kappa shape index (κ3) is 3.33. The fourth-order valence-electron chi connectivity index (χ4n) is 2.12.